The van der Waals surface area contributed by atoms with Gasteiger partial charge in [0.1, 0.15) is 0 Å². The number of nitrogens with zero attached hydrogens (tertiary/aromatic N) is 2. The average molecular weight is 285 g/mol. The van der Waals surface area contributed by atoms with Crippen molar-refractivity contribution in [3.05, 3.63) is 52.8 Å². The lowest BCUT2D eigenvalue weighted by molar-refractivity contribution is 0.477. The second-order valence-corrected chi connectivity index (χ2v) is 5.93. The largest absolute Gasteiger partial charge is 0.319 e. The first-order valence-corrected chi connectivity index (χ1v) is 7.84. The zero-order valence-corrected chi connectivity index (χ0v) is 13.7. The number of hydrogen-bond acceptors (Lipinski definition) is 2. The molecule has 0 fully saturated rings. The Balaban J connectivity index is 2.09. The van der Waals surface area contributed by atoms with E-state index in [1.54, 1.807) is 0 Å². The highest BCUT2D eigenvalue weighted by Crippen LogP contribution is 2.16. The van der Waals surface area contributed by atoms with Crippen molar-refractivity contribution >= 4 is 0 Å². The van der Waals surface area contributed by atoms with Crippen molar-refractivity contribution in [1.29, 1.82) is 0 Å². The minimum Gasteiger partial charge on any atom is -0.319 e. The fraction of sp³-hybridized carbons (Fsp3) is 0.500. The molecule has 0 bridgehead atoms. The fourth-order valence-electron chi connectivity index (χ4n) is 2.91. The summed E-state index contributed by atoms with van der Waals surface area (Å²) in [5.41, 5.74) is 5.28. The Morgan fingerprint density at radius 3 is 2.67 bits per heavy atom. The molecule has 3 heteroatoms. The standard InChI is InChI=1S/C18H27N3/c1-5-17-12-18(21(4)20-17)11-16(13-19-3)10-15-8-6-7-14(2)9-15/h6-9,12,16,19H,5,10-11,13H2,1-4H3. The van der Waals surface area contributed by atoms with Gasteiger partial charge >= 0.3 is 0 Å². The number of benzene rings is 1. The van der Waals surface area contributed by atoms with E-state index >= 15 is 0 Å². The number of aryl methyl sites for hydroxylation is 3. The molecule has 21 heavy (non-hydrogen) atoms. The van der Waals surface area contributed by atoms with E-state index in [4.69, 9.17) is 0 Å². The Morgan fingerprint density at radius 2 is 2.05 bits per heavy atom. The molecule has 1 aromatic carbocycles. The van der Waals surface area contributed by atoms with Crippen LogP contribution in [0.2, 0.25) is 0 Å². The zero-order valence-electron chi connectivity index (χ0n) is 13.7. The van der Waals surface area contributed by atoms with Gasteiger partial charge in [-0.2, -0.15) is 5.10 Å². The molecule has 2 aromatic rings. The molecule has 114 valence electrons. The van der Waals surface area contributed by atoms with Crippen LogP contribution >= 0.6 is 0 Å². The highest BCUT2D eigenvalue weighted by Gasteiger charge is 2.13. The SMILES string of the molecule is CCc1cc(CC(CNC)Cc2cccc(C)c2)n(C)n1. The lowest BCUT2D eigenvalue weighted by Gasteiger charge is -2.17. The van der Waals surface area contributed by atoms with Crippen LogP contribution in [0.1, 0.15) is 29.4 Å². The summed E-state index contributed by atoms with van der Waals surface area (Å²) in [6.07, 6.45) is 3.18. The summed E-state index contributed by atoms with van der Waals surface area (Å²) >= 11 is 0. The molecule has 0 saturated carbocycles. The van der Waals surface area contributed by atoms with Crippen molar-refractivity contribution < 1.29 is 0 Å². The normalized spacial score (nSPS) is 12.6. The predicted octanol–water partition coefficient (Wildman–Crippen LogP) is 2.91. The maximum Gasteiger partial charge on any atom is 0.0624 e. The lowest BCUT2D eigenvalue weighted by atomic mass is 9.93. The Bertz CT molecular complexity index is 572. The number of aromatic nitrogens is 2. The van der Waals surface area contributed by atoms with Gasteiger partial charge in [0, 0.05) is 12.7 Å². The van der Waals surface area contributed by atoms with Crippen molar-refractivity contribution in [3.63, 3.8) is 0 Å². The van der Waals surface area contributed by atoms with Crippen LogP contribution in [-0.4, -0.2) is 23.4 Å². The molecule has 0 radical (unpaired) electrons. The van der Waals surface area contributed by atoms with Crippen molar-refractivity contribution in [1.82, 2.24) is 15.1 Å². The summed E-state index contributed by atoms with van der Waals surface area (Å²) in [6, 6.07) is 11.1. The average Bonchev–Trinajstić information content (AvgIpc) is 2.80. The highest BCUT2D eigenvalue weighted by atomic mass is 15.3. The smallest absolute Gasteiger partial charge is 0.0624 e. The maximum atomic E-state index is 4.56. The molecule has 0 aliphatic rings. The Morgan fingerprint density at radius 1 is 1.24 bits per heavy atom. The Hall–Kier alpha value is -1.61. The van der Waals surface area contributed by atoms with Crippen LogP contribution in [0.3, 0.4) is 0 Å². The van der Waals surface area contributed by atoms with E-state index in [1.807, 2.05) is 11.7 Å². The summed E-state index contributed by atoms with van der Waals surface area (Å²) in [5.74, 6) is 0.594. The number of rotatable bonds is 7. The summed E-state index contributed by atoms with van der Waals surface area (Å²) in [7, 11) is 4.08. The van der Waals surface area contributed by atoms with Crippen LogP contribution in [-0.2, 0) is 26.3 Å². The molecule has 1 atom stereocenters. The summed E-state index contributed by atoms with van der Waals surface area (Å²) in [6.45, 7) is 5.34. The molecule has 1 N–H and O–H groups in total. The van der Waals surface area contributed by atoms with Crippen molar-refractivity contribution in [2.75, 3.05) is 13.6 Å². The van der Waals surface area contributed by atoms with E-state index < -0.39 is 0 Å². The fourth-order valence-corrected chi connectivity index (χ4v) is 2.91. The first-order valence-electron chi connectivity index (χ1n) is 7.84. The van der Waals surface area contributed by atoms with E-state index in [-0.39, 0.29) is 0 Å². The van der Waals surface area contributed by atoms with Crippen molar-refractivity contribution in [2.45, 2.75) is 33.1 Å². The van der Waals surface area contributed by atoms with Crippen LogP contribution in [0, 0.1) is 12.8 Å². The number of nitrogens with one attached hydrogen (secondary N) is 1. The topological polar surface area (TPSA) is 29.9 Å². The Kier molecular flexibility index (Phi) is 5.57. The van der Waals surface area contributed by atoms with Crippen molar-refractivity contribution in [3.8, 4) is 0 Å². The summed E-state index contributed by atoms with van der Waals surface area (Å²) in [4.78, 5) is 0. The van der Waals surface area contributed by atoms with Gasteiger partial charge in [-0.3, -0.25) is 4.68 Å². The summed E-state index contributed by atoms with van der Waals surface area (Å²) < 4.78 is 2.04. The van der Waals surface area contributed by atoms with E-state index in [2.05, 4.69) is 61.6 Å². The van der Waals surface area contributed by atoms with Gasteiger partial charge in [0.05, 0.1) is 5.69 Å². The van der Waals surface area contributed by atoms with Gasteiger partial charge < -0.3 is 5.32 Å². The van der Waals surface area contributed by atoms with E-state index in [0.29, 0.717) is 5.92 Å². The lowest BCUT2D eigenvalue weighted by Crippen LogP contribution is -2.23. The van der Waals surface area contributed by atoms with E-state index in [0.717, 1.165) is 25.8 Å². The molecule has 0 saturated heterocycles. The molecule has 0 aliphatic heterocycles. The second-order valence-electron chi connectivity index (χ2n) is 5.93. The number of hydrogen-bond donors (Lipinski definition) is 1. The van der Waals surface area contributed by atoms with Gasteiger partial charge in [0.25, 0.3) is 0 Å². The van der Waals surface area contributed by atoms with E-state index in [1.165, 1.54) is 22.5 Å². The van der Waals surface area contributed by atoms with Gasteiger partial charge in [0.2, 0.25) is 0 Å². The van der Waals surface area contributed by atoms with E-state index in [9.17, 15) is 0 Å². The van der Waals surface area contributed by atoms with Gasteiger partial charge in [0.15, 0.2) is 0 Å². The first-order chi connectivity index (χ1) is 10.1. The molecular weight excluding hydrogens is 258 g/mol. The minimum absolute atomic E-state index is 0.594. The van der Waals surface area contributed by atoms with Crippen LogP contribution < -0.4 is 5.32 Å². The second kappa shape index (κ2) is 7.41. The first kappa shape index (κ1) is 15.8. The molecule has 0 aliphatic carbocycles. The third kappa shape index (κ3) is 4.43. The third-order valence-corrected chi connectivity index (χ3v) is 3.99. The van der Waals surface area contributed by atoms with Gasteiger partial charge in [-0.15, -0.1) is 0 Å². The zero-order chi connectivity index (χ0) is 15.2. The van der Waals surface area contributed by atoms with Gasteiger partial charge in [-0.1, -0.05) is 36.8 Å². The maximum absolute atomic E-state index is 4.56. The predicted molar refractivity (Wildman–Crippen MR) is 88.6 cm³/mol. The molecule has 3 nitrogen and oxygen atoms in total. The van der Waals surface area contributed by atoms with Crippen LogP contribution in [0.25, 0.3) is 0 Å². The molecule has 2 rings (SSSR count). The Labute approximate surface area is 128 Å². The van der Waals surface area contributed by atoms with Gasteiger partial charge in [-0.25, -0.2) is 0 Å². The quantitative estimate of drug-likeness (QED) is 0.847. The van der Waals surface area contributed by atoms with Crippen LogP contribution in [0.5, 0.6) is 0 Å². The third-order valence-electron chi connectivity index (χ3n) is 3.99. The molecule has 0 spiro atoms. The summed E-state index contributed by atoms with van der Waals surface area (Å²) in [5, 5.41) is 7.89. The molecule has 1 heterocycles. The molecule has 0 amide bonds. The minimum atomic E-state index is 0.594. The van der Waals surface area contributed by atoms with Crippen LogP contribution in [0.4, 0.5) is 0 Å². The molecule has 1 aromatic heterocycles. The highest BCUT2D eigenvalue weighted by molar-refractivity contribution is 5.23. The van der Waals surface area contributed by atoms with Crippen molar-refractivity contribution in [2.24, 2.45) is 13.0 Å². The van der Waals surface area contributed by atoms with Crippen LogP contribution in [0.15, 0.2) is 30.3 Å². The molecular formula is C18H27N3. The molecule has 1 unspecified atom stereocenters. The monoisotopic (exact) mass is 285 g/mol. The van der Waals surface area contributed by atoms with Gasteiger partial charge in [-0.05, 0) is 57.3 Å².